The molecule has 1 heterocycles. The van der Waals surface area contributed by atoms with Gasteiger partial charge in [0.2, 0.25) is 0 Å². The van der Waals surface area contributed by atoms with Crippen molar-refractivity contribution in [3.05, 3.63) is 35.5 Å². The van der Waals surface area contributed by atoms with Gasteiger partial charge in [0.05, 0.1) is 6.42 Å². The van der Waals surface area contributed by atoms with E-state index in [0.29, 0.717) is 6.54 Å². The summed E-state index contributed by atoms with van der Waals surface area (Å²) >= 11 is 0. The number of aliphatic carboxylic acids is 1. The lowest BCUT2D eigenvalue weighted by molar-refractivity contribution is -0.137. The van der Waals surface area contributed by atoms with Gasteiger partial charge in [-0.2, -0.15) is 0 Å². The van der Waals surface area contributed by atoms with Crippen LogP contribution in [0.1, 0.15) is 24.6 Å². The molecule has 2 rings (SSSR count). The molecule has 0 unspecified atom stereocenters. The third-order valence-corrected chi connectivity index (χ3v) is 3.13. The molecule has 2 aromatic rings. The van der Waals surface area contributed by atoms with Crippen molar-refractivity contribution in [1.29, 1.82) is 0 Å². The first-order valence-electron chi connectivity index (χ1n) is 5.92. The van der Waals surface area contributed by atoms with Crippen molar-refractivity contribution < 1.29 is 9.90 Å². The van der Waals surface area contributed by atoms with Crippen LogP contribution in [-0.2, 0) is 17.8 Å². The normalized spacial score (nSPS) is 10.9. The van der Waals surface area contributed by atoms with Crippen LogP contribution in [0.4, 0.5) is 0 Å². The zero-order valence-electron chi connectivity index (χ0n) is 10.2. The maximum Gasteiger partial charge on any atom is 0.305 e. The highest BCUT2D eigenvalue weighted by molar-refractivity contribution is 5.82. The minimum absolute atomic E-state index is 0.167. The number of rotatable bonds is 4. The van der Waals surface area contributed by atoms with Gasteiger partial charge in [-0.15, -0.1) is 0 Å². The number of carboxylic acid groups (broad SMARTS) is 1. The van der Waals surface area contributed by atoms with Gasteiger partial charge in [-0.05, 0) is 37.1 Å². The topological polar surface area (TPSA) is 42.2 Å². The number of hydrogen-bond donors (Lipinski definition) is 1. The number of fused-ring (bicyclic) bond motifs is 1. The Morgan fingerprint density at radius 3 is 2.76 bits per heavy atom. The molecular weight excluding hydrogens is 214 g/mol. The summed E-state index contributed by atoms with van der Waals surface area (Å²) in [6.07, 6.45) is 1.19. The Morgan fingerprint density at radius 2 is 2.12 bits per heavy atom. The van der Waals surface area contributed by atoms with E-state index >= 15 is 0 Å². The molecule has 0 radical (unpaired) electrons. The summed E-state index contributed by atoms with van der Waals surface area (Å²) in [6, 6.07) is 8.50. The van der Waals surface area contributed by atoms with Crippen molar-refractivity contribution in [3.8, 4) is 0 Å². The van der Waals surface area contributed by atoms with E-state index in [4.69, 9.17) is 5.11 Å². The number of aromatic nitrogens is 1. The number of benzene rings is 1. The molecule has 1 aromatic heterocycles. The van der Waals surface area contributed by atoms with Gasteiger partial charge < -0.3 is 9.67 Å². The van der Waals surface area contributed by atoms with Gasteiger partial charge in [-0.3, -0.25) is 4.79 Å². The predicted octanol–water partition coefficient (Wildman–Crippen LogP) is 2.99. The average Bonchev–Trinajstić information content (AvgIpc) is 2.60. The fourth-order valence-corrected chi connectivity index (χ4v) is 2.18. The second-order valence-corrected chi connectivity index (χ2v) is 4.33. The molecule has 0 fully saturated rings. The molecule has 3 nitrogen and oxygen atoms in total. The van der Waals surface area contributed by atoms with Crippen LogP contribution in [-0.4, -0.2) is 15.6 Å². The highest BCUT2D eigenvalue weighted by Crippen LogP contribution is 2.21. The molecule has 0 atom stereocenters. The van der Waals surface area contributed by atoms with Crippen LogP contribution in [0, 0.1) is 6.92 Å². The molecule has 0 saturated heterocycles. The largest absolute Gasteiger partial charge is 0.481 e. The van der Waals surface area contributed by atoms with Gasteiger partial charge in [-0.25, -0.2) is 0 Å². The summed E-state index contributed by atoms with van der Waals surface area (Å²) in [7, 11) is 0. The second-order valence-electron chi connectivity index (χ2n) is 4.33. The lowest BCUT2D eigenvalue weighted by atomic mass is 10.1. The van der Waals surface area contributed by atoms with E-state index in [9.17, 15) is 4.79 Å². The maximum atomic E-state index is 10.6. The summed E-state index contributed by atoms with van der Waals surface area (Å²) in [4.78, 5) is 10.6. The molecule has 1 aromatic carbocycles. The van der Waals surface area contributed by atoms with E-state index in [1.165, 1.54) is 10.9 Å². The van der Waals surface area contributed by atoms with Crippen LogP contribution in [0.25, 0.3) is 10.9 Å². The number of aryl methyl sites for hydroxylation is 3. The summed E-state index contributed by atoms with van der Waals surface area (Å²) in [5, 5.41) is 9.95. The van der Waals surface area contributed by atoms with E-state index in [1.807, 2.05) is 6.92 Å². The van der Waals surface area contributed by atoms with Gasteiger partial charge in [0, 0.05) is 23.1 Å². The zero-order chi connectivity index (χ0) is 12.4. The van der Waals surface area contributed by atoms with Crippen molar-refractivity contribution in [2.75, 3.05) is 0 Å². The fraction of sp³-hybridized carbons (Fsp3) is 0.357. The Kier molecular flexibility index (Phi) is 3.18. The van der Waals surface area contributed by atoms with Crippen LogP contribution < -0.4 is 0 Å². The number of carbonyl (C=O) groups is 1. The van der Waals surface area contributed by atoms with Crippen LogP contribution >= 0.6 is 0 Å². The quantitative estimate of drug-likeness (QED) is 0.879. The Balaban J connectivity index is 2.41. The molecule has 0 saturated carbocycles. The van der Waals surface area contributed by atoms with Crippen molar-refractivity contribution in [3.63, 3.8) is 0 Å². The first kappa shape index (κ1) is 11.7. The standard InChI is InChI=1S/C14H17NO2/c1-3-11-4-5-13-12(9-11)8-10(2)15(13)7-6-14(16)17/h4-5,8-9H,3,6-7H2,1-2H3,(H,16,17). The minimum atomic E-state index is -0.753. The van der Waals surface area contributed by atoms with Gasteiger partial charge in [0.25, 0.3) is 0 Å². The van der Waals surface area contributed by atoms with Gasteiger partial charge in [0.1, 0.15) is 0 Å². The second kappa shape index (κ2) is 4.62. The van der Waals surface area contributed by atoms with E-state index in [2.05, 4.69) is 35.8 Å². The van der Waals surface area contributed by atoms with E-state index < -0.39 is 5.97 Å². The van der Waals surface area contributed by atoms with Crippen LogP contribution in [0.3, 0.4) is 0 Å². The summed E-state index contributed by atoms with van der Waals surface area (Å²) in [6.45, 7) is 4.69. The monoisotopic (exact) mass is 231 g/mol. The first-order valence-corrected chi connectivity index (χ1v) is 5.92. The summed E-state index contributed by atoms with van der Waals surface area (Å²) in [5.74, 6) is -0.753. The molecule has 0 bridgehead atoms. The first-order chi connectivity index (χ1) is 8.11. The molecule has 0 amide bonds. The molecule has 0 spiro atoms. The Hall–Kier alpha value is -1.77. The number of carboxylic acids is 1. The van der Waals surface area contributed by atoms with Crippen LogP contribution in [0.2, 0.25) is 0 Å². The zero-order valence-corrected chi connectivity index (χ0v) is 10.2. The molecule has 1 N–H and O–H groups in total. The number of hydrogen-bond acceptors (Lipinski definition) is 1. The van der Waals surface area contributed by atoms with Crippen molar-refractivity contribution in [2.24, 2.45) is 0 Å². The Morgan fingerprint density at radius 1 is 1.35 bits per heavy atom. The van der Waals surface area contributed by atoms with Gasteiger partial charge in [0.15, 0.2) is 0 Å². The lowest BCUT2D eigenvalue weighted by Gasteiger charge is -2.06. The van der Waals surface area contributed by atoms with Crippen molar-refractivity contribution in [1.82, 2.24) is 4.57 Å². The smallest absolute Gasteiger partial charge is 0.305 e. The minimum Gasteiger partial charge on any atom is -0.481 e. The van der Waals surface area contributed by atoms with Crippen LogP contribution in [0.5, 0.6) is 0 Å². The predicted molar refractivity (Wildman–Crippen MR) is 68.3 cm³/mol. The summed E-state index contributed by atoms with van der Waals surface area (Å²) < 4.78 is 2.07. The third kappa shape index (κ3) is 2.33. The van der Waals surface area contributed by atoms with Gasteiger partial charge in [-0.1, -0.05) is 13.0 Å². The molecule has 0 aliphatic rings. The average molecular weight is 231 g/mol. The van der Waals surface area contributed by atoms with E-state index in [1.54, 1.807) is 0 Å². The molecule has 0 aliphatic heterocycles. The van der Waals surface area contributed by atoms with Crippen LogP contribution in [0.15, 0.2) is 24.3 Å². The molecule has 0 aliphatic carbocycles. The Labute approximate surface area is 101 Å². The van der Waals surface area contributed by atoms with Crippen molar-refractivity contribution >= 4 is 16.9 Å². The molecular formula is C14H17NO2. The maximum absolute atomic E-state index is 10.6. The SMILES string of the molecule is CCc1ccc2c(c1)cc(C)n2CCC(=O)O. The molecule has 17 heavy (non-hydrogen) atoms. The highest BCUT2D eigenvalue weighted by atomic mass is 16.4. The van der Waals surface area contributed by atoms with E-state index in [-0.39, 0.29) is 6.42 Å². The molecule has 3 heteroatoms. The fourth-order valence-electron chi connectivity index (χ4n) is 2.18. The van der Waals surface area contributed by atoms with E-state index in [0.717, 1.165) is 17.6 Å². The lowest BCUT2D eigenvalue weighted by Crippen LogP contribution is -2.05. The van der Waals surface area contributed by atoms with Gasteiger partial charge >= 0.3 is 5.97 Å². The summed E-state index contributed by atoms with van der Waals surface area (Å²) in [5.41, 5.74) is 3.56. The van der Waals surface area contributed by atoms with Crippen molar-refractivity contribution in [2.45, 2.75) is 33.2 Å². The molecule has 90 valence electrons. The Bertz CT molecular complexity index is 555. The highest BCUT2D eigenvalue weighted by Gasteiger charge is 2.07. The number of nitrogens with zero attached hydrogens (tertiary/aromatic N) is 1. The third-order valence-electron chi connectivity index (χ3n) is 3.13.